The van der Waals surface area contributed by atoms with Crippen molar-refractivity contribution in [2.75, 3.05) is 13.7 Å². The van der Waals surface area contributed by atoms with Crippen LogP contribution in [0.25, 0.3) is 0 Å². The highest BCUT2D eigenvalue weighted by molar-refractivity contribution is 5.69. The van der Waals surface area contributed by atoms with E-state index in [-0.39, 0.29) is 5.97 Å². The van der Waals surface area contributed by atoms with Gasteiger partial charge < -0.3 is 14.8 Å². The van der Waals surface area contributed by atoms with Crippen LogP contribution in [0.5, 0.6) is 5.75 Å². The first kappa shape index (κ1) is 17.5. The van der Waals surface area contributed by atoms with Gasteiger partial charge in [-0.2, -0.15) is 0 Å². The first-order valence-corrected chi connectivity index (χ1v) is 7.47. The fourth-order valence-electron chi connectivity index (χ4n) is 2.18. The van der Waals surface area contributed by atoms with Crippen LogP contribution >= 0.6 is 0 Å². The normalized spacial score (nSPS) is 10.8. The number of nitrogens with one attached hydrogen (secondary N) is 1. The summed E-state index contributed by atoms with van der Waals surface area (Å²) in [6.07, 6.45) is 1.06. The summed E-state index contributed by atoms with van der Waals surface area (Å²) in [4.78, 5) is 11.0. The van der Waals surface area contributed by atoms with Gasteiger partial charge in [0.15, 0.2) is 0 Å². The topological polar surface area (TPSA) is 47.6 Å². The van der Waals surface area contributed by atoms with Crippen molar-refractivity contribution >= 4 is 5.97 Å². The molecule has 0 heterocycles. The molecule has 21 heavy (non-hydrogen) atoms. The van der Waals surface area contributed by atoms with Gasteiger partial charge in [0.05, 0.1) is 13.7 Å². The average Bonchev–Trinajstić information content (AvgIpc) is 2.43. The summed E-state index contributed by atoms with van der Waals surface area (Å²) in [5.41, 5.74) is 3.53. The maximum atomic E-state index is 11.0. The zero-order chi connectivity index (χ0) is 15.8. The number of hydrogen-bond donors (Lipinski definition) is 1. The Morgan fingerprint density at radius 1 is 1.24 bits per heavy atom. The van der Waals surface area contributed by atoms with Crippen molar-refractivity contribution in [3.05, 3.63) is 28.8 Å². The lowest BCUT2D eigenvalue weighted by atomic mass is 10.1. The second-order valence-electron chi connectivity index (χ2n) is 5.62. The van der Waals surface area contributed by atoms with Crippen molar-refractivity contribution in [1.82, 2.24) is 5.32 Å². The van der Waals surface area contributed by atoms with Gasteiger partial charge in [-0.05, 0) is 37.0 Å². The molecule has 1 rings (SSSR count). The quantitative estimate of drug-likeness (QED) is 0.591. The van der Waals surface area contributed by atoms with Crippen molar-refractivity contribution in [1.29, 1.82) is 0 Å². The molecular weight excluding hydrogens is 266 g/mol. The van der Waals surface area contributed by atoms with Crippen molar-refractivity contribution in [2.45, 2.75) is 53.1 Å². The molecule has 0 aromatic heterocycles. The summed E-state index contributed by atoms with van der Waals surface area (Å²) in [6, 6.07) is 4.77. The molecule has 4 heteroatoms. The van der Waals surface area contributed by atoms with E-state index in [0.717, 1.165) is 23.4 Å². The van der Waals surface area contributed by atoms with E-state index < -0.39 is 0 Å². The van der Waals surface area contributed by atoms with Crippen LogP contribution in [0.15, 0.2) is 12.1 Å². The number of ether oxygens (including phenoxy) is 2. The van der Waals surface area contributed by atoms with Crippen LogP contribution in [0, 0.1) is 13.8 Å². The number of hydrogen-bond acceptors (Lipinski definition) is 4. The summed E-state index contributed by atoms with van der Waals surface area (Å²) in [5.74, 6) is 0.732. The summed E-state index contributed by atoms with van der Waals surface area (Å²) >= 11 is 0. The lowest BCUT2D eigenvalue weighted by Gasteiger charge is -2.15. The molecular formula is C17H27NO3. The lowest BCUT2D eigenvalue weighted by Crippen LogP contribution is -2.21. The molecule has 0 aliphatic rings. The average molecular weight is 293 g/mol. The van der Waals surface area contributed by atoms with Gasteiger partial charge in [0.2, 0.25) is 0 Å². The molecule has 0 aliphatic carbocycles. The van der Waals surface area contributed by atoms with Crippen LogP contribution < -0.4 is 10.1 Å². The lowest BCUT2D eigenvalue weighted by molar-refractivity contribution is -0.140. The molecule has 1 N–H and O–H groups in total. The number of rotatable bonds is 8. The van der Waals surface area contributed by atoms with E-state index in [1.807, 2.05) is 0 Å². The molecule has 0 bridgehead atoms. The van der Waals surface area contributed by atoms with E-state index in [1.165, 1.54) is 12.7 Å². The highest BCUT2D eigenvalue weighted by Gasteiger charge is 2.08. The fourth-order valence-corrected chi connectivity index (χ4v) is 2.18. The molecule has 0 amide bonds. The SMILES string of the molecule is COC(=O)CCCOc1c(C)cc(CNC(C)C)cc1C. The first-order valence-electron chi connectivity index (χ1n) is 7.47. The molecule has 1 aromatic rings. The zero-order valence-corrected chi connectivity index (χ0v) is 13.8. The Hall–Kier alpha value is -1.55. The second-order valence-corrected chi connectivity index (χ2v) is 5.62. The van der Waals surface area contributed by atoms with Gasteiger partial charge in [-0.25, -0.2) is 0 Å². The zero-order valence-electron chi connectivity index (χ0n) is 13.8. The highest BCUT2D eigenvalue weighted by Crippen LogP contribution is 2.25. The molecule has 0 unspecified atom stereocenters. The molecule has 0 fully saturated rings. The summed E-state index contributed by atoms with van der Waals surface area (Å²) in [6.45, 7) is 9.78. The molecule has 0 saturated carbocycles. The van der Waals surface area contributed by atoms with Crippen LogP contribution in [0.4, 0.5) is 0 Å². The molecule has 0 spiro atoms. The second kappa shape index (κ2) is 8.67. The van der Waals surface area contributed by atoms with Crippen molar-refractivity contribution in [3.63, 3.8) is 0 Å². The Bertz CT molecular complexity index is 446. The molecule has 0 saturated heterocycles. The van der Waals surface area contributed by atoms with Crippen molar-refractivity contribution in [2.24, 2.45) is 0 Å². The van der Waals surface area contributed by atoms with Crippen LogP contribution in [0.3, 0.4) is 0 Å². The van der Waals surface area contributed by atoms with E-state index in [2.05, 4.69) is 49.9 Å². The third-order valence-electron chi connectivity index (χ3n) is 3.23. The van der Waals surface area contributed by atoms with E-state index in [0.29, 0.717) is 25.5 Å². The number of benzene rings is 1. The number of carbonyl (C=O) groups is 1. The highest BCUT2D eigenvalue weighted by atomic mass is 16.5. The van der Waals surface area contributed by atoms with Gasteiger partial charge in [0.25, 0.3) is 0 Å². The fraction of sp³-hybridized carbons (Fsp3) is 0.588. The minimum absolute atomic E-state index is 0.192. The first-order chi connectivity index (χ1) is 9.93. The maximum Gasteiger partial charge on any atom is 0.305 e. The summed E-state index contributed by atoms with van der Waals surface area (Å²) in [7, 11) is 1.40. The van der Waals surface area contributed by atoms with E-state index in [9.17, 15) is 4.79 Å². The molecule has 0 radical (unpaired) electrons. The Morgan fingerprint density at radius 2 is 1.86 bits per heavy atom. The van der Waals surface area contributed by atoms with Gasteiger partial charge in [0.1, 0.15) is 5.75 Å². The van der Waals surface area contributed by atoms with Gasteiger partial charge in [-0.3, -0.25) is 4.79 Å². The molecule has 1 aromatic carbocycles. The van der Waals surface area contributed by atoms with E-state index in [4.69, 9.17) is 4.74 Å². The smallest absolute Gasteiger partial charge is 0.305 e. The summed E-state index contributed by atoms with van der Waals surface area (Å²) < 4.78 is 10.4. The maximum absolute atomic E-state index is 11.0. The van der Waals surface area contributed by atoms with E-state index in [1.54, 1.807) is 0 Å². The summed E-state index contributed by atoms with van der Waals surface area (Å²) in [5, 5.41) is 3.41. The Kier molecular flexibility index (Phi) is 7.23. The Morgan fingerprint density at radius 3 is 2.38 bits per heavy atom. The van der Waals surface area contributed by atoms with Crippen molar-refractivity contribution in [3.8, 4) is 5.75 Å². The number of methoxy groups -OCH3 is 1. The van der Waals surface area contributed by atoms with Crippen LogP contribution in [-0.4, -0.2) is 25.7 Å². The van der Waals surface area contributed by atoms with Gasteiger partial charge in [-0.1, -0.05) is 26.0 Å². The third kappa shape index (κ3) is 6.17. The minimum Gasteiger partial charge on any atom is -0.493 e. The number of esters is 1. The molecule has 118 valence electrons. The minimum atomic E-state index is -0.192. The van der Waals surface area contributed by atoms with Gasteiger partial charge in [-0.15, -0.1) is 0 Å². The predicted octanol–water partition coefficient (Wildman–Crippen LogP) is 3.13. The molecule has 0 aliphatic heterocycles. The van der Waals surface area contributed by atoms with Crippen LogP contribution in [-0.2, 0) is 16.1 Å². The standard InChI is InChI=1S/C17H27NO3/c1-12(2)18-11-15-9-13(3)17(14(4)10-15)21-8-6-7-16(19)20-5/h9-10,12,18H,6-8,11H2,1-5H3. The predicted molar refractivity (Wildman–Crippen MR) is 84.6 cm³/mol. The van der Waals surface area contributed by atoms with Crippen LogP contribution in [0.2, 0.25) is 0 Å². The largest absolute Gasteiger partial charge is 0.493 e. The van der Waals surface area contributed by atoms with Gasteiger partial charge >= 0.3 is 5.97 Å². The monoisotopic (exact) mass is 293 g/mol. The third-order valence-corrected chi connectivity index (χ3v) is 3.23. The number of aryl methyl sites for hydroxylation is 2. The van der Waals surface area contributed by atoms with E-state index >= 15 is 0 Å². The Balaban J connectivity index is 2.57. The van der Waals surface area contributed by atoms with Crippen LogP contribution in [0.1, 0.15) is 43.4 Å². The van der Waals surface area contributed by atoms with Gasteiger partial charge in [0, 0.05) is 19.0 Å². The molecule has 0 atom stereocenters. The molecule has 4 nitrogen and oxygen atoms in total. The van der Waals surface area contributed by atoms with Crippen molar-refractivity contribution < 1.29 is 14.3 Å². The number of carbonyl (C=O) groups excluding carboxylic acids is 1. The Labute approximate surface area is 127 Å².